The van der Waals surface area contributed by atoms with Gasteiger partial charge in [0.1, 0.15) is 17.5 Å². The summed E-state index contributed by atoms with van der Waals surface area (Å²) in [5, 5.41) is 10.5. The van der Waals surface area contributed by atoms with E-state index in [2.05, 4.69) is 35.9 Å². The molecule has 3 N–H and O–H groups in total. The number of halogens is 3. The van der Waals surface area contributed by atoms with Gasteiger partial charge >= 0.3 is 6.18 Å². The lowest BCUT2D eigenvalue weighted by Crippen LogP contribution is -2.23. The van der Waals surface area contributed by atoms with Crippen molar-refractivity contribution in [2.45, 2.75) is 18.6 Å². The zero-order valence-electron chi connectivity index (χ0n) is 17.3. The van der Waals surface area contributed by atoms with Crippen LogP contribution in [0.5, 0.6) is 0 Å². The predicted octanol–water partition coefficient (Wildman–Crippen LogP) is 4.02. The zero-order chi connectivity index (χ0) is 22.8. The number of alkyl halides is 3. The van der Waals surface area contributed by atoms with E-state index in [4.69, 9.17) is 4.98 Å². The first-order valence-corrected chi connectivity index (χ1v) is 10.3. The van der Waals surface area contributed by atoms with E-state index in [9.17, 15) is 13.2 Å². The van der Waals surface area contributed by atoms with Gasteiger partial charge in [0, 0.05) is 42.1 Å². The largest absolute Gasteiger partial charge is 0.416 e. The molecular formula is C22H19F3N8. The van der Waals surface area contributed by atoms with E-state index in [0.717, 1.165) is 43.2 Å². The minimum Gasteiger partial charge on any atom is -0.365 e. The quantitative estimate of drug-likeness (QED) is 0.418. The second-order valence-electron chi connectivity index (χ2n) is 7.60. The van der Waals surface area contributed by atoms with Crippen molar-refractivity contribution >= 4 is 28.4 Å². The van der Waals surface area contributed by atoms with Gasteiger partial charge in [-0.15, -0.1) is 0 Å². The Morgan fingerprint density at radius 1 is 0.970 bits per heavy atom. The highest BCUT2D eigenvalue weighted by atomic mass is 19.4. The van der Waals surface area contributed by atoms with E-state index in [1.165, 1.54) is 6.20 Å². The number of hydrogen-bond acceptors (Lipinski definition) is 8. The molecule has 5 rings (SSSR count). The van der Waals surface area contributed by atoms with Gasteiger partial charge in [-0.2, -0.15) is 13.2 Å². The molecule has 33 heavy (non-hydrogen) atoms. The third kappa shape index (κ3) is 4.67. The molecule has 0 radical (unpaired) electrons. The molecule has 0 unspecified atom stereocenters. The molecule has 0 saturated carbocycles. The Morgan fingerprint density at radius 3 is 2.58 bits per heavy atom. The molecule has 1 fully saturated rings. The van der Waals surface area contributed by atoms with E-state index in [1.54, 1.807) is 24.5 Å². The summed E-state index contributed by atoms with van der Waals surface area (Å²) < 4.78 is 39.0. The van der Waals surface area contributed by atoms with Crippen molar-refractivity contribution in [3.8, 4) is 11.4 Å². The van der Waals surface area contributed by atoms with Crippen LogP contribution in [0.2, 0.25) is 0 Å². The van der Waals surface area contributed by atoms with Crippen molar-refractivity contribution < 1.29 is 13.2 Å². The molecular weight excluding hydrogens is 433 g/mol. The number of anilines is 3. The van der Waals surface area contributed by atoms with E-state index < -0.39 is 11.7 Å². The summed E-state index contributed by atoms with van der Waals surface area (Å²) in [6.07, 6.45) is 2.53. The highest BCUT2D eigenvalue weighted by Crippen LogP contribution is 2.31. The SMILES string of the molecule is FC(F)(F)c1ccnc(Nc2cc(-c3nc(N[C@@H]4CCNC4)c4ccncc4n3)ccn2)c1. The average molecular weight is 452 g/mol. The molecule has 11 heteroatoms. The van der Waals surface area contributed by atoms with Gasteiger partial charge in [0.15, 0.2) is 5.82 Å². The lowest BCUT2D eigenvalue weighted by molar-refractivity contribution is -0.137. The Balaban J connectivity index is 1.47. The highest BCUT2D eigenvalue weighted by Gasteiger charge is 2.30. The van der Waals surface area contributed by atoms with Crippen molar-refractivity contribution in [1.29, 1.82) is 0 Å². The molecule has 4 aromatic heterocycles. The van der Waals surface area contributed by atoms with Crippen molar-refractivity contribution in [3.05, 3.63) is 60.7 Å². The number of nitrogens with one attached hydrogen (secondary N) is 3. The van der Waals surface area contributed by atoms with Crippen LogP contribution in [-0.2, 0) is 6.18 Å². The van der Waals surface area contributed by atoms with Crippen LogP contribution in [0.25, 0.3) is 22.3 Å². The Labute approximate surface area is 186 Å². The molecule has 1 saturated heterocycles. The van der Waals surface area contributed by atoms with Crippen LogP contribution in [-0.4, -0.2) is 44.1 Å². The lowest BCUT2D eigenvalue weighted by atomic mass is 10.2. The first-order chi connectivity index (χ1) is 16.0. The van der Waals surface area contributed by atoms with Crippen LogP contribution < -0.4 is 16.0 Å². The maximum absolute atomic E-state index is 13.0. The summed E-state index contributed by atoms with van der Waals surface area (Å²) in [5.41, 5.74) is 0.540. The number of hydrogen-bond donors (Lipinski definition) is 3. The first-order valence-electron chi connectivity index (χ1n) is 10.3. The molecule has 1 aliphatic heterocycles. The summed E-state index contributed by atoms with van der Waals surface area (Å²) >= 11 is 0. The highest BCUT2D eigenvalue weighted by molar-refractivity contribution is 5.90. The van der Waals surface area contributed by atoms with Crippen molar-refractivity contribution in [1.82, 2.24) is 30.2 Å². The monoisotopic (exact) mass is 452 g/mol. The molecule has 168 valence electrons. The Kier molecular flexibility index (Phi) is 5.47. The average Bonchev–Trinajstić information content (AvgIpc) is 3.32. The second kappa shape index (κ2) is 8.58. The van der Waals surface area contributed by atoms with E-state index >= 15 is 0 Å². The van der Waals surface area contributed by atoms with Gasteiger partial charge in [-0.1, -0.05) is 0 Å². The van der Waals surface area contributed by atoms with Gasteiger partial charge in [0.2, 0.25) is 0 Å². The van der Waals surface area contributed by atoms with Gasteiger partial charge in [0.05, 0.1) is 17.3 Å². The van der Waals surface area contributed by atoms with Crippen LogP contribution in [0.1, 0.15) is 12.0 Å². The van der Waals surface area contributed by atoms with Crippen LogP contribution in [0.3, 0.4) is 0 Å². The molecule has 0 spiro atoms. The van der Waals surface area contributed by atoms with Crippen LogP contribution in [0.15, 0.2) is 55.1 Å². The molecule has 0 bridgehead atoms. The summed E-state index contributed by atoms with van der Waals surface area (Å²) in [6.45, 7) is 1.79. The van der Waals surface area contributed by atoms with Gasteiger partial charge in [-0.25, -0.2) is 19.9 Å². The van der Waals surface area contributed by atoms with Crippen LogP contribution in [0.4, 0.5) is 30.6 Å². The Morgan fingerprint density at radius 2 is 1.79 bits per heavy atom. The Bertz CT molecular complexity index is 1290. The summed E-state index contributed by atoms with van der Waals surface area (Å²) in [5.74, 6) is 1.52. The predicted molar refractivity (Wildman–Crippen MR) is 118 cm³/mol. The van der Waals surface area contributed by atoms with Crippen LogP contribution in [0, 0.1) is 0 Å². The van der Waals surface area contributed by atoms with E-state index in [1.807, 2.05) is 6.07 Å². The van der Waals surface area contributed by atoms with E-state index in [-0.39, 0.29) is 11.9 Å². The summed E-state index contributed by atoms with van der Waals surface area (Å²) in [7, 11) is 0. The van der Waals surface area contributed by atoms with Crippen LogP contribution >= 0.6 is 0 Å². The van der Waals surface area contributed by atoms with Gasteiger partial charge in [-0.05, 0) is 43.3 Å². The summed E-state index contributed by atoms with van der Waals surface area (Å²) in [6, 6.07) is 7.38. The zero-order valence-corrected chi connectivity index (χ0v) is 17.3. The second-order valence-corrected chi connectivity index (χ2v) is 7.60. The number of nitrogens with zero attached hydrogens (tertiary/aromatic N) is 5. The minimum atomic E-state index is -4.46. The molecule has 5 heterocycles. The van der Waals surface area contributed by atoms with Crippen molar-refractivity contribution in [2.24, 2.45) is 0 Å². The summed E-state index contributed by atoms with van der Waals surface area (Å²) in [4.78, 5) is 21.7. The normalized spacial score (nSPS) is 16.2. The first kappa shape index (κ1) is 21.0. The lowest BCUT2D eigenvalue weighted by Gasteiger charge is -2.15. The fourth-order valence-electron chi connectivity index (χ4n) is 3.64. The third-order valence-electron chi connectivity index (χ3n) is 5.26. The smallest absolute Gasteiger partial charge is 0.365 e. The molecule has 0 aromatic carbocycles. The number of pyridine rings is 3. The number of rotatable bonds is 5. The fourth-order valence-corrected chi connectivity index (χ4v) is 3.64. The van der Waals surface area contributed by atoms with E-state index in [0.29, 0.717) is 28.5 Å². The maximum Gasteiger partial charge on any atom is 0.416 e. The van der Waals surface area contributed by atoms with Crippen molar-refractivity contribution in [2.75, 3.05) is 23.7 Å². The molecule has 1 atom stereocenters. The number of fused-ring (bicyclic) bond motifs is 1. The van der Waals surface area contributed by atoms with Gasteiger partial charge in [0.25, 0.3) is 0 Å². The molecule has 0 aliphatic carbocycles. The fraction of sp³-hybridized carbons (Fsp3) is 0.227. The topological polar surface area (TPSA) is 101 Å². The number of aromatic nitrogens is 5. The molecule has 4 aromatic rings. The van der Waals surface area contributed by atoms with Gasteiger partial charge in [-0.3, -0.25) is 4.98 Å². The van der Waals surface area contributed by atoms with Crippen molar-refractivity contribution in [3.63, 3.8) is 0 Å². The molecule has 1 aliphatic rings. The third-order valence-corrected chi connectivity index (χ3v) is 5.26. The molecule has 8 nitrogen and oxygen atoms in total. The molecule has 0 amide bonds. The minimum absolute atomic E-state index is 0.0363. The van der Waals surface area contributed by atoms with Gasteiger partial charge < -0.3 is 16.0 Å². The Hall–Kier alpha value is -3.86. The standard InChI is InChI=1S/C22H19F3N8/c23-22(24,25)14-2-8-29-19(10-14)32-18-9-13(1-7-28-18)20-31-17-12-27-6-4-16(17)21(33-20)30-15-3-5-26-11-15/h1-2,4,6-10,12,15,26H,3,5,11H2,(H,28,29,32)(H,30,31,33)/t15-/m1/s1. The maximum atomic E-state index is 13.0.